The van der Waals surface area contributed by atoms with Crippen molar-refractivity contribution in [3.05, 3.63) is 39.4 Å². The van der Waals surface area contributed by atoms with Crippen LogP contribution in [-0.2, 0) is 6.54 Å². The van der Waals surface area contributed by atoms with E-state index in [1.165, 1.54) is 6.07 Å². The normalized spacial score (nSPS) is 23.0. The lowest BCUT2D eigenvalue weighted by Crippen LogP contribution is -2.44. The van der Waals surface area contributed by atoms with Crippen LogP contribution in [0.2, 0.25) is 0 Å². The van der Waals surface area contributed by atoms with Gasteiger partial charge in [0.25, 0.3) is 5.69 Å². The monoisotopic (exact) mass is 309 g/mol. The van der Waals surface area contributed by atoms with Crippen LogP contribution in [0.25, 0.3) is 0 Å². The molecule has 1 fully saturated rings. The van der Waals surface area contributed by atoms with Crippen LogP contribution in [0, 0.1) is 10.1 Å². The molecule has 6 nitrogen and oxygen atoms in total. The summed E-state index contributed by atoms with van der Waals surface area (Å²) < 4.78 is 0. The smallest absolute Gasteiger partial charge is 0.274 e. The number of nitrogens with zero attached hydrogens (tertiary/aromatic N) is 2. The molecule has 0 aromatic heterocycles. The lowest BCUT2D eigenvalue weighted by Gasteiger charge is -2.37. The van der Waals surface area contributed by atoms with Crippen molar-refractivity contribution >= 4 is 23.4 Å². The Kier molecular flexibility index (Phi) is 4.84. The van der Waals surface area contributed by atoms with Gasteiger partial charge in [-0.1, -0.05) is 13.0 Å². The molecule has 2 atom stereocenters. The van der Waals surface area contributed by atoms with Crippen LogP contribution in [0.15, 0.2) is 18.2 Å². The SMILES string of the molecule is CC1SCCN(Cc2ccc(C(N)=O)cc2[N+](=O)[O-])C1C. The van der Waals surface area contributed by atoms with Gasteiger partial charge in [0.15, 0.2) is 0 Å². The second-order valence-electron chi connectivity index (χ2n) is 5.25. The molecule has 0 saturated carbocycles. The van der Waals surface area contributed by atoms with Gasteiger partial charge in [-0.2, -0.15) is 11.8 Å². The molecule has 1 heterocycles. The van der Waals surface area contributed by atoms with Gasteiger partial charge >= 0.3 is 0 Å². The molecule has 1 amide bonds. The largest absolute Gasteiger partial charge is 0.366 e. The lowest BCUT2D eigenvalue weighted by molar-refractivity contribution is -0.385. The van der Waals surface area contributed by atoms with Crippen LogP contribution in [0.3, 0.4) is 0 Å². The summed E-state index contributed by atoms with van der Waals surface area (Å²) in [7, 11) is 0. The van der Waals surface area contributed by atoms with Crippen molar-refractivity contribution in [3.63, 3.8) is 0 Å². The molecule has 21 heavy (non-hydrogen) atoms. The number of primary amides is 1. The standard InChI is InChI=1S/C14H19N3O3S/c1-9-10(2)21-6-5-16(9)8-12-4-3-11(14(15)18)7-13(12)17(19)20/h3-4,7,9-10H,5-6,8H2,1-2H3,(H2,15,18). The van der Waals surface area contributed by atoms with Crippen molar-refractivity contribution in [1.29, 1.82) is 0 Å². The summed E-state index contributed by atoms with van der Waals surface area (Å²) in [6, 6.07) is 4.82. The number of rotatable bonds is 4. The minimum Gasteiger partial charge on any atom is -0.366 e. The van der Waals surface area contributed by atoms with Gasteiger partial charge in [0.1, 0.15) is 0 Å². The first-order valence-corrected chi connectivity index (χ1v) is 7.87. The third kappa shape index (κ3) is 3.54. The molecule has 2 unspecified atom stereocenters. The number of benzene rings is 1. The number of amides is 1. The predicted octanol–water partition coefficient (Wildman–Crippen LogP) is 2.02. The Morgan fingerprint density at radius 2 is 2.24 bits per heavy atom. The summed E-state index contributed by atoms with van der Waals surface area (Å²) in [5.41, 5.74) is 5.93. The molecular weight excluding hydrogens is 290 g/mol. The molecule has 0 spiro atoms. The Hall–Kier alpha value is -1.60. The van der Waals surface area contributed by atoms with E-state index in [0.717, 1.165) is 12.3 Å². The van der Waals surface area contributed by atoms with Gasteiger partial charge in [-0.15, -0.1) is 0 Å². The van der Waals surface area contributed by atoms with E-state index >= 15 is 0 Å². The molecule has 1 saturated heterocycles. The van der Waals surface area contributed by atoms with Gasteiger partial charge in [0.2, 0.25) is 5.91 Å². The molecule has 0 aliphatic carbocycles. The molecule has 0 radical (unpaired) electrons. The van der Waals surface area contributed by atoms with Crippen molar-refractivity contribution in [2.45, 2.75) is 31.7 Å². The first-order valence-electron chi connectivity index (χ1n) is 6.83. The topological polar surface area (TPSA) is 89.5 Å². The molecule has 2 N–H and O–H groups in total. The van der Waals surface area contributed by atoms with Crippen molar-refractivity contribution < 1.29 is 9.72 Å². The molecule has 7 heteroatoms. The van der Waals surface area contributed by atoms with E-state index < -0.39 is 10.8 Å². The van der Waals surface area contributed by atoms with Crippen LogP contribution in [0.4, 0.5) is 5.69 Å². The van der Waals surface area contributed by atoms with E-state index in [2.05, 4.69) is 18.7 Å². The predicted molar refractivity (Wildman–Crippen MR) is 83.4 cm³/mol. The van der Waals surface area contributed by atoms with Gasteiger partial charge in [-0.05, 0) is 13.0 Å². The minimum absolute atomic E-state index is 0.0376. The van der Waals surface area contributed by atoms with Gasteiger partial charge in [0, 0.05) is 47.3 Å². The maximum atomic E-state index is 11.2. The minimum atomic E-state index is -0.652. The number of hydrogen-bond donors (Lipinski definition) is 1. The zero-order valence-electron chi connectivity index (χ0n) is 12.1. The number of carbonyl (C=O) groups excluding carboxylic acids is 1. The number of nitrogens with two attached hydrogens (primary N) is 1. The molecule has 1 aliphatic heterocycles. The van der Waals surface area contributed by atoms with Crippen LogP contribution in [-0.4, -0.2) is 39.3 Å². The van der Waals surface area contributed by atoms with Crippen molar-refractivity contribution in [2.75, 3.05) is 12.3 Å². The number of hydrogen-bond acceptors (Lipinski definition) is 5. The zero-order chi connectivity index (χ0) is 15.6. The molecule has 2 rings (SSSR count). The third-order valence-corrected chi connectivity index (χ3v) is 5.29. The van der Waals surface area contributed by atoms with E-state index in [0.29, 0.717) is 23.4 Å². The summed E-state index contributed by atoms with van der Waals surface area (Å²) in [4.78, 5) is 24.2. The van der Waals surface area contributed by atoms with Gasteiger partial charge < -0.3 is 5.73 Å². The molecule has 0 bridgehead atoms. The molecule has 1 aromatic carbocycles. The fourth-order valence-electron chi connectivity index (χ4n) is 2.46. The highest BCUT2D eigenvalue weighted by molar-refractivity contribution is 8.00. The van der Waals surface area contributed by atoms with Gasteiger partial charge in [-0.25, -0.2) is 0 Å². The Morgan fingerprint density at radius 1 is 1.52 bits per heavy atom. The summed E-state index contributed by atoms with van der Waals surface area (Å²) in [5.74, 6) is 0.375. The fraction of sp³-hybridized carbons (Fsp3) is 0.500. The van der Waals surface area contributed by atoms with Crippen molar-refractivity contribution in [2.24, 2.45) is 5.73 Å². The molecular formula is C14H19N3O3S. The summed E-state index contributed by atoms with van der Waals surface area (Å²) in [5, 5.41) is 11.7. The van der Waals surface area contributed by atoms with E-state index in [9.17, 15) is 14.9 Å². The number of nitro groups is 1. The molecule has 1 aliphatic rings. The second kappa shape index (κ2) is 6.44. The maximum absolute atomic E-state index is 11.2. The fourth-order valence-corrected chi connectivity index (χ4v) is 3.62. The maximum Gasteiger partial charge on any atom is 0.274 e. The third-order valence-electron chi connectivity index (χ3n) is 3.95. The van der Waals surface area contributed by atoms with E-state index in [-0.39, 0.29) is 11.3 Å². The average Bonchev–Trinajstić information content (AvgIpc) is 2.43. The Morgan fingerprint density at radius 3 is 2.86 bits per heavy atom. The van der Waals surface area contributed by atoms with Gasteiger partial charge in [-0.3, -0.25) is 19.8 Å². The first kappa shape index (κ1) is 15.8. The summed E-state index contributed by atoms with van der Waals surface area (Å²) in [6.45, 7) is 5.73. The van der Waals surface area contributed by atoms with Crippen LogP contribution >= 0.6 is 11.8 Å². The van der Waals surface area contributed by atoms with Gasteiger partial charge in [0.05, 0.1) is 4.92 Å². The van der Waals surface area contributed by atoms with Crippen LogP contribution in [0.1, 0.15) is 29.8 Å². The average molecular weight is 309 g/mol. The number of nitro benzene ring substituents is 1. The second-order valence-corrected chi connectivity index (χ2v) is 6.74. The molecule has 114 valence electrons. The van der Waals surface area contributed by atoms with E-state index in [4.69, 9.17) is 5.73 Å². The summed E-state index contributed by atoms with van der Waals surface area (Å²) >= 11 is 1.92. The quantitative estimate of drug-likeness (QED) is 0.679. The van der Waals surface area contributed by atoms with Crippen molar-refractivity contribution in [1.82, 2.24) is 4.90 Å². The van der Waals surface area contributed by atoms with Crippen molar-refractivity contribution in [3.8, 4) is 0 Å². The zero-order valence-corrected chi connectivity index (χ0v) is 12.9. The number of thioether (sulfide) groups is 1. The highest BCUT2D eigenvalue weighted by atomic mass is 32.2. The Bertz CT molecular complexity index is 564. The Balaban J connectivity index is 2.27. The van der Waals surface area contributed by atoms with Crippen LogP contribution < -0.4 is 5.73 Å². The van der Waals surface area contributed by atoms with E-state index in [1.54, 1.807) is 12.1 Å². The highest BCUT2D eigenvalue weighted by Crippen LogP contribution is 2.28. The highest BCUT2D eigenvalue weighted by Gasteiger charge is 2.27. The molecule has 1 aromatic rings. The lowest BCUT2D eigenvalue weighted by atomic mass is 10.1. The van der Waals surface area contributed by atoms with E-state index in [1.807, 2.05) is 11.8 Å². The summed E-state index contributed by atoms with van der Waals surface area (Å²) in [6.07, 6.45) is 0. The number of carbonyl (C=O) groups is 1. The Labute approximate surface area is 127 Å². The van der Waals surface area contributed by atoms with Crippen LogP contribution in [0.5, 0.6) is 0 Å². The first-order chi connectivity index (χ1) is 9.90.